The molecule has 164 valence electrons. The van der Waals surface area contributed by atoms with Crippen molar-refractivity contribution in [3.63, 3.8) is 0 Å². The second kappa shape index (κ2) is 10.1. The number of allylic oxidation sites excluding steroid dienone is 2. The normalized spacial score (nSPS) is 26.1. The van der Waals surface area contributed by atoms with Gasteiger partial charge < -0.3 is 9.84 Å². The number of benzene rings is 1. The molecule has 0 radical (unpaired) electrons. The van der Waals surface area contributed by atoms with E-state index in [0.717, 1.165) is 16.7 Å². The molecule has 30 heavy (non-hydrogen) atoms. The summed E-state index contributed by atoms with van der Waals surface area (Å²) in [6, 6.07) is 4.59. The van der Waals surface area contributed by atoms with Gasteiger partial charge in [-0.3, -0.25) is 4.79 Å². The minimum Gasteiger partial charge on any atom is -0.458 e. The zero-order valence-corrected chi connectivity index (χ0v) is 18.4. The first-order chi connectivity index (χ1) is 14.2. The first-order valence-corrected chi connectivity index (χ1v) is 10.6. The second-order valence-electron chi connectivity index (χ2n) is 8.39. The van der Waals surface area contributed by atoms with Crippen LogP contribution in [0.25, 0.3) is 5.57 Å². The molecule has 1 aromatic rings. The van der Waals surface area contributed by atoms with E-state index in [-0.39, 0.29) is 23.7 Å². The maximum atomic E-state index is 13.8. The average molecular weight is 418 g/mol. The van der Waals surface area contributed by atoms with Crippen molar-refractivity contribution in [3.05, 3.63) is 57.8 Å². The standard InChI is InChI=1S/C22H26FNO4.C2H6/c1-13-8-14(4-7-20(13)23)18-9-15(24-27)12-22(2,3)19(18)6-5-17-10-16(25)11-21(26)28-17;1-2/h4-8,15-17,25H,9-12H2,1-3H3;1-2H3/b6-5+;/t15?,16?,17-;/m1./s1. The van der Waals surface area contributed by atoms with Crippen molar-refractivity contribution in [1.82, 2.24) is 0 Å². The van der Waals surface area contributed by atoms with Gasteiger partial charge in [0, 0.05) is 6.42 Å². The number of rotatable bonds is 4. The van der Waals surface area contributed by atoms with Crippen LogP contribution >= 0.6 is 0 Å². The van der Waals surface area contributed by atoms with Gasteiger partial charge in [-0.15, -0.1) is 0 Å². The van der Waals surface area contributed by atoms with E-state index in [1.807, 2.05) is 33.8 Å². The lowest BCUT2D eigenvalue weighted by Crippen LogP contribution is -2.31. The number of nitroso groups, excluding NO2 is 1. The van der Waals surface area contributed by atoms with Crippen LogP contribution in [0.15, 0.2) is 41.1 Å². The number of ether oxygens (including phenoxy) is 1. The SMILES string of the molecule is CC.Cc1cc(C2=C(/C=C/[C@@H]3CC(O)CC(=O)O3)C(C)(C)CC(N=O)C2)ccc1F. The predicted octanol–water partition coefficient (Wildman–Crippen LogP) is 5.49. The van der Waals surface area contributed by atoms with E-state index in [4.69, 9.17) is 4.74 Å². The molecule has 1 aliphatic heterocycles. The maximum Gasteiger partial charge on any atom is 0.309 e. The van der Waals surface area contributed by atoms with E-state index in [1.165, 1.54) is 6.07 Å². The summed E-state index contributed by atoms with van der Waals surface area (Å²) in [5.74, 6) is -0.686. The minimum atomic E-state index is -0.702. The Kier molecular flexibility index (Phi) is 8.07. The highest BCUT2D eigenvalue weighted by atomic mass is 19.1. The zero-order valence-electron chi connectivity index (χ0n) is 18.4. The first-order valence-electron chi connectivity index (χ1n) is 10.6. The molecule has 0 aromatic heterocycles. The van der Waals surface area contributed by atoms with Gasteiger partial charge in [0.1, 0.15) is 11.9 Å². The van der Waals surface area contributed by atoms with Crippen molar-refractivity contribution in [1.29, 1.82) is 0 Å². The molecular formula is C24H32FNO4. The molecule has 1 fully saturated rings. The van der Waals surface area contributed by atoms with E-state index in [0.29, 0.717) is 24.8 Å². The summed E-state index contributed by atoms with van der Waals surface area (Å²) in [6.07, 6.45) is 3.99. The molecule has 5 nitrogen and oxygen atoms in total. The van der Waals surface area contributed by atoms with Gasteiger partial charge >= 0.3 is 5.97 Å². The van der Waals surface area contributed by atoms with Gasteiger partial charge in [0.05, 0.1) is 18.6 Å². The monoisotopic (exact) mass is 417 g/mol. The van der Waals surface area contributed by atoms with Gasteiger partial charge in [0.25, 0.3) is 0 Å². The van der Waals surface area contributed by atoms with Crippen LogP contribution in [0.2, 0.25) is 0 Å². The number of halogens is 1. The van der Waals surface area contributed by atoms with Gasteiger partial charge in [0.2, 0.25) is 0 Å². The lowest BCUT2D eigenvalue weighted by atomic mass is 9.69. The van der Waals surface area contributed by atoms with Crippen LogP contribution in [0, 0.1) is 23.1 Å². The zero-order chi connectivity index (χ0) is 22.5. The van der Waals surface area contributed by atoms with Crippen LogP contribution in [0.5, 0.6) is 0 Å². The Morgan fingerprint density at radius 3 is 2.57 bits per heavy atom. The molecule has 1 N–H and O–H groups in total. The summed E-state index contributed by atoms with van der Waals surface area (Å²) in [5.41, 5.74) is 3.03. The summed E-state index contributed by atoms with van der Waals surface area (Å²) >= 11 is 0. The third-order valence-electron chi connectivity index (χ3n) is 5.56. The minimum absolute atomic E-state index is 0.0192. The molecule has 1 heterocycles. The van der Waals surface area contributed by atoms with E-state index in [1.54, 1.807) is 25.1 Å². The van der Waals surface area contributed by atoms with Crippen molar-refractivity contribution in [2.24, 2.45) is 10.6 Å². The number of nitrogens with zero attached hydrogens (tertiary/aromatic N) is 1. The highest BCUT2D eigenvalue weighted by molar-refractivity contribution is 5.74. The Balaban J connectivity index is 0.00000155. The number of aryl methyl sites for hydroxylation is 1. The van der Waals surface area contributed by atoms with E-state index in [9.17, 15) is 19.2 Å². The highest BCUT2D eigenvalue weighted by Gasteiger charge is 2.35. The summed E-state index contributed by atoms with van der Waals surface area (Å²) in [5, 5.41) is 13.1. The molecule has 0 bridgehead atoms. The molecule has 3 atom stereocenters. The van der Waals surface area contributed by atoms with Crippen LogP contribution < -0.4 is 0 Å². The first kappa shape index (κ1) is 23.9. The Hall–Kier alpha value is -2.34. The van der Waals surface area contributed by atoms with E-state index in [2.05, 4.69) is 5.18 Å². The molecule has 0 amide bonds. The molecular weight excluding hydrogens is 385 g/mol. The van der Waals surface area contributed by atoms with Crippen molar-refractivity contribution in [2.45, 2.75) is 78.6 Å². The Bertz CT molecular complexity index is 844. The number of esters is 1. The van der Waals surface area contributed by atoms with Crippen LogP contribution in [0.1, 0.15) is 64.5 Å². The number of hydrogen-bond donors (Lipinski definition) is 1. The largest absolute Gasteiger partial charge is 0.458 e. The number of cyclic esters (lactones) is 1. The second-order valence-corrected chi connectivity index (χ2v) is 8.39. The van der Waals surface area contributed by atoms with Gasteiger partial charge in [-0.2, -0.15) is 4.91 Å². The average Bonchev–Trinajstić information content (AvgIpc) is 2.69. The highest BCUT2D eigenvalue weighted by Crippen LogP contribution is 2.46. The van der Waals surface area contributed by atoms with Crippen molar-refractivity contribution in [3.8, 4) is 0 Å². The van der Waals surface area contributed by atoms with Gasteiger partial charge in [-0.05, 0) is 65.7 Å². The summed E-state index contributed by atoms with van der Waals surface area (Å²) < 4.78 is 19.1. The van der Waals surface area contributed by atoms with Crippen molar-refractivity contribution < 1.29 is 19.0 Å². The Labute approximate surface area is 178 Å². The summed E-state index contributed by atoms with van der Waals surface area (Å²) in [7, 11) is 0. The molecule has 3 rings (SSSR count). The number of aliphatic hydroxyl groups is 1. The maximum absolute atomic E-state index is 13.8. The third-order valence-corrected chi connectivity index (χ3v) is 5.56. The Morgan fingerprint density at radius 1 is 1.27 bits per heavy atom. The number of carbonyl (C=O) groups is 1. The molecule has 0 saturated carbocycles. The fourth-order valence-corrected chi connectivity index (χ4v) is 4.16. The molecule has 1 saturated heterocycles. The van der Waals surface area contributed by atoms with Crippen molar-refractivity contribution >= 4 is 11.5 Å². The smallest absolute Gasteiger partial charge is 0.309 e. The summed E-state index contributed by atoms with van der Waals surface area (Å²) in [4.78, 5) is 22.9. The van der Waals surface area contributed by atoms with Gasteiger partial charge in [0.15, 0.2) is 0 Å². The molecule has 2 unspecified atom stereocenters. The number of aliphatic hydroxyl groups excluding tert-OH is 1. The number of hydrogen-bond acceptors (Lipinski definition) is 5. The molecule has 6 heteroatoms. The van der Waals surface area contributed by atoms with Crippen LogP contribution in [0.4, 0.5) is 4.39 Å². The summed E-state index contributed by atoms with van der Waals surface area (Å²) in [6.45, 7) is 9.80. The van der Waals surface area contributed by atoms with Gasteiger partial charge in [-0.25, -0.2) is 4.39 Å². The lowest BCUT2D eigenvalue weighted by molar-refractivity contribution is -0.156. The van der Waals surface area contributed by atoms with E-state index < -0.39 is 18.2 Å². The van der Waals surface area contributed by atoms with Gasteiger partial charge in [-0.1, -0.05) is 45.0 Å². The topological polar surface area (TPSA) is 76.0 Å². The Morgan fingerprint density at radius 2 is 1.97 bits per heavy atom. The lowest BCUT2D eigenvalue weighted by Gasteiger charge is -2.36. The van der Waals surface area contributed by atoms with Crippen molar-refractivity contribution in [2.75, 3.05) is 0 Å². The molecule has 1 aliphatic carbocycles. The fraction of sp³-hybridized carbons (Fsp3) is 0.542. The predicted molar refractivity (Wildman–Crippen MR) is 116 cm³/mol. The molecule has 2 aliphatic rings. The van der Waals surface area contributed by atoms with E-state index >= 15 is 0 Å². The van der Waals surface area contributed by atoms with Crippen LogP contribution in [-0.2, 0) is 9.53 Å². The third kappa shape index (κ3) is 5.63. The number of carbonyl (C=O) groups excluding carboxylic acids is 1. The molecule has 0 spiro atoms. The molecule has 1 aromatic carbocycles. The van der Waals surface area contributed by atoms with Crippen LogP contribution in [-0.4, -0.2) is 29.3 Å². The van der Waals surface area contributed by atoms with Crippen LogP contribution in [0.3, 0.4) is 0 Å². The quantitative estimate of drug-likeness (QED) is 0.519. The fourth-order valence-electron chi connectivity index (χ4n) is 4.16.